The van der Waals surface area contributed by atoms with Gasteiger partial charge < -0.3 is 5.11 Å². The van der Waals surface area contributed by atoms with Crippen LogP contribution in [0.1, 0.15) is 0 Å². The fourth-order valence-electron chi connectivity index (χ4n) is 2.71. The van der Waals surface area contributed by atoms with Crippen molar-refractivity contribution in [3.8, 4) is 39.4 Å². The first-order valence-electron chi connectivity index (χ1n) is 7.79. The van der Waals surface area contributed by atoms with Crippen molar-refractivity contribution < 1.29 is 5.11 Å². The number of pyridine rings is 1. The highest BCUT2D eigenvalue weighted by Crippen LogP contribution is 2.32. The van der Waals surface area contributed by atoms with Crippen molar-refractivity contribution in [3.63, 3.8) is 0 Å². The maximum absolute atomic E-state index is 9.80. The molecule has 0 atom stereocenters. The number of hydrogen-bond donors (Lipinski definition) is 1. The van der Waals surface area contributed by atoms with Gasteiger partial charge in [-0.3, -0.25) is 0 Å². The van der Waals surface area contributed by atoms with Gasteiger partial charge >= 0.3 is 0 Å². The van der Waals surface area contributed by atoms with Crippen LogP contribution in [0.25, 0.3) is 33.6 Å². The van der Waals surface area contributed by atoms with Crippen molar-refractivity contribution >= 4 is 22.9 Å². The number of halogens is 1. The highest BCUT2D eigenvalue weighted by Gasteiger charge is 2.09. The van der Waals surface area contributed by atoms with E-state index in [9.17, 15) is 5.11 Å². The Kier molecular flexibility index (Phi) is 4.26. The molecule has 0 unspecified atom stereocenters. The number of hydrogen-bond acceptors (Lipinski definition) is 3. The summed E-state index contributed by atoms with van der Waals surface area (Å²) in [6, 6.07) is 21.1. The third-order valence-corrected chi connectivity index (χ3v) is 4.90. The first kappa shape index (κ1) is 15.9. The molecular weight excluding hydrogens is 350 g/mol. The van der Waals surface area contributed by atoms with Crippen LogP contribution in [0.3, 0.4) is 0 Å². The van der Waals surface area contributed by atoms with Crippen molar-refractivity contribution in [2.45, 2.75) is 0 Å². The average molecular weight is 364 g/mol. The number of aromatic hydroxyl groups is 1. The summed E-state index contributed by atoms with van der Waals surface area (Å²) in [4.78, 5) is 4.80. The third-order valence-electron chi connectivity index (χ3n) is 3.96. The second kappa shape index (κ2) is 6.71. The standard InChI is InChI=1S/C21H14ClNOS/c22-18-6-4-14(5-7-18)17-11-20(15-2-1-3-19(24)10-15)23-21(12-17)16-8-9-25-13-16/h1-13,24H. The zero-order chi connectivity index (χ0) is 17.2. The highest BCUT2D eigenvalue weighted by molar-refractivity contribution is 7.08. The molecule has 0 fully saturated rings. The molecular formula is C21H14ClNOS. The van der Waals surface area contributed by atoms with Crippen LogP contribution in [0, 0.1) is 0 Å². The molecule has 0 saturated heterocycles. The molecule has 2 nitrogen and oxygen atoms in total. The quantitative estimate of drug-likeness (QED) is 0.450. The topological polar surface area (TPSA) is 33.1 Å². The van der Waals surface area contributed by atoms with Gasteiger partial charge in [-0.2, -0.15) is 11.3 Å². The van der Waals surface area contributed by atoms with Crippen LogP contribution in [0.2, 0.25) is 5.02 Å². The number of nitrogens with zero attached hydrogens (tertiary/aromatic N) is 1. The first-order chi connectivity index (χ1) is 12.2. The molecule has 2 aromatic carbocycles. The van der Waals surface area contributed by atoms with Crippen LogP contribution in [0.5, 0.6) is 5.75 Å². The molecule has 0 aliphatic carbocycles. The van der Waals surface area contributed by atoms with Gasteiger partial charge in [0.05, 0.1) is 11.4 Å². The summed E-state index contributed by atoms with van der Waals surface area (Å²) >= 11 is 7.66. The van der Waals surface area contributed by atoms with Crippen molar-refractivity contribution in [1.82, 2.24) is 4.98 Å². The number of aromatic nitrogens is 1. The molecule has 2 heterocycles. The van der Waals surface area contributed by atoms with Gasteiger partial charge in [0.25, 0.3) is 0 Å². The van der Waals surface area contributed by atoms with Gasteiger partial charge in [-0.15, -0.1) is 0 Å². The molecule has 0 aliphatic heterocycles. The Morgan fingerprint density at radius 3 is 2.20 bits per heavy atom. The molecule has 0 bridgehead atoms. The first-order valence-corrected chi connectivity index (χ1v) is 9.11. The molecule has 0 saturated carbocycles. The number of benzene rings is 2. The summed E-state index contributed by atoms with van der Waals surface area (Å²) in [5.74, 6) is 0.230. The van der Waals surface area contributed by atoms with Crippen LogP contribution in [-0.4, -0.2) is 10.1 Å². The second-order valence-electron chi connectivity index (χ2n) is 5.70. The summed E-state index contributed by atoms with van der Waals surface area (Å²) < 4.78 is 0. The molecule has 2 aromatic heterocycles. The van der Waals surface area contributed by atoms with Gasteiger partial charge in [0.15, 0.2) is 0 Å². The second-order valence-corrected chi connectivity index (χ2v) is 6.91. The van der Waals surface area contributed by atoms with Gasteiger partial charge in [0.2, 0.25) is 0 Å². The third kappa shape index (κ3) is 3.43. The van der Waals surface area contributed by atoms with E-state index in [4.69, 9.17) is 16.6 Å². The van der Waals surface area contributed by atoms with E-state index in [1.54, 1.807) is 23.5 Å². The molecule has 0 aliphatic rings. The van der Waals surface area contributed by atoms with Gasteiger partial charge in [-0.1, -0.05) is 35.9 Å². The number of rotatable bonds is 3. The lowest BCUT2D eigenvalue weighted by atomic mass is 10.0. The molecule has 122 valence electrons. The Bertz CT molecular complexity index is 1010. The molecule has 25 heavy (non-hydrogen) atoms. The molecule has 4 rings (SSSR count). The zero-order valence-electron chi connectivity index (χ0n) is 13.2. The van der Waals surface area contributed by atoms with E-state index in [0.717, 1.165) is 33.6 Å². The van der Waals surface area contributed by atoms with E-state index >= 15 is 0 Å². The summed E-state index contributed by atoms with van der Waals surface area (Å²) in [6.45, 7) is 0. The maximum atomic E-state index is 9.80. The van der Waals surface area contributed by atoms with Crippen LogP contribution in [0.4, 0.5) is 0 Å². The maximum Gasteiger partial charge on any atom is 0.116 e. The van der Waals surface area contributed by atoms with E-state index in [-0.39, 0.29) is 5.75 Å². The molecule has 4 aromatic rings. The van der Waals surface area contributed by atoms with Crippen molar-refractivity contribution in [3.05, 3.63) is 82.5 Å². The van der Waals surface area contributed by atoms with E-state index in [1.165, 1.54) is 0 Å². The lowest BCUT2D eigenvalue weighted by Gasteiger charge is -2.10. The van der Waals surface area contributed by atoms with Gasteiger partial charge in [0, 0.05) is 21.5 Å². The zero-order valence-corrected chi connectivity index (χ0v) is 14.8. The van der Waals surface area contributed by atoms with E-state index < -0.39 is 0 Å². The summed E-state index contributed by atoms with van der Waals surface area (Å²) in [5, 5.41) is 14.6. The van der Waals surface area contributed by atoms with E-state index in [0.29, 0.717) is 5.02 Å². The van der Waals surface area contributed by atoms with E-state index in [1.807, 2.05) is 47.8 Å². The Morgan fingerprint density at radius 1 is 0.760 bits per heavy atom. The summed E-state index contributed by atoms with van der Waals surface area (Å²) in [6.07, 6.45) is 0. The highest BCUT2D eigenvalue weighted by atomic mass is 35.5. The van der Waals surface area contributed by atoms with Crippen LogP contribution in [0.15, 0.2) is 77.5 Å². The van der Waals surface area contributed by atoms with Crippen molar-refractivity contribution in [2.75, 3.05) is 0 Å². The monoisotopic (exact) mass is 363 g/mol. The molecule has 0 amide bonds. The Hall–Kier alpha value is -2.62. The predicted molar refractivity (Wildman–Crippen MR) is 105 cm³/mol. The predicted octanol–water partition coefficient (Wildman–Crippen LogP) is 6.50. The SMILES string of the molecule is Oc1cccc(-c2cc(-c3ccc(Cl)cc3)cc(-c3ccsc3)n2)c1. The Balaban J connectivity index is 1.90. The van der Waals surface area contributed by atoms with Crippen molar-refractivity contribution in [1.29, 1.82) is 0 Å². The Morgan fingerprint density at radius 2 is 1.52 bits per heavy atom. The minimum absolute atomic E-state index is 0.230. The minimum Gasteiger partial charge on any atom is -0.508 e. The fourth-order valence-corrected chi connectivity index (χ4v) is 3.49. The fraction of sp³-hybridized carbons (Fsp3) is 0. The largest absolute Gasteiger partial charge is 0.508 e. The number of phenolic OH excluding ortho intramolecular Hbond substituents is 1. The number of phenols is 1. The average Bonchev–Trinajstić information content (AvgIpc) is 3.17. The normalized spacial score (nSPS) is 10.8. The van der Waals surface area contributed by atoms with Crippen LogP contribution < -0.4 is 0 Å². The van der Waals surface area contributed by atoms with E-state index in [2.05, 4.69) is 17.5 Å². The van der Waals surface area contributed by atoms with Crippen molar-refractivity contribution in [2.24, 2.45) is 0 Å². The summed E-state index contributed by atoms with van der Waals surface area (Å²) in [7, 11) is 0. The Labute approximate surface area is 155 Å². The number of thiophene rings is 1. The van der Waals surface area contributed by atoms with Crippen LogP contribution >= 0.6 is 22.9 Å². The van der Waals surface area contributed by atoms with Crippen LogP contribution in [-0.2, 0) is 0 Å². The van der Waals surface area contributed by atoms with Gasteiger partial charge in [-0.25, -0.2) is 4.98 Å². The molecule has 4 heteroatoms. The minimum atomic E-state index is 0.230. The lowest BCUT2D eigenvalue weighted by Crippen LogP contribution is -1.90. The molecule has 0 radical (unpaired) electrons. The lowest BCUT2D eigenvalue weighted by molar-refractivity contribution is 0.475. The molecule has 0 spiro atoms. The smallest absolute Gasteiger partial charge is 0.116 e. The van der Waals surface area contributed by atoms with Gasteiger partial charge in [0.1, 0.15) is 5.75 Å². The molecule has 1 N–H and O–H groups in total. The summed E-state index contributed by atoms with van der Waals surface area (Å²) in [5.41, 5.74) is 5.84. The van der Waals surface area contributed by atoms with Gasteiger partial charge in [-0.05, 0) is 59.0 Å².